The SMILES string of the molecule is CCC(=O)N1CCCC1C(=O)Nc1ccccc1Oc1cccnc1. The number of amides is 2. The number of aromatic nitrogens is 1. The highest BCUT2D eigenvalue weighted by molar-refractivity contribution is 5.98. The van der Waals surface area contributed by atoms with Gasteiger partial charge >= 0.3 is 0 Å². The normalized spacial score (nSPS) is 16.5. The predicted octanol–water partition coefficient (Wildman–Crippen LogP) is 3.21. The average Bonchev–Trinajstić information content (AvgIpc) is 3.13. The van der Waals surface area contributed by atoms with E-state index in [1.807, 2.05) is 19.1 Å². The van der Waals surface area contributed by atoms with E-state index in [1.54, 1.807) is 41.6 Å². The van der Waals surface area contributed by atoms with Gasteiger partial charge in [-0.15, -0.1) is 0 Å². The molecule has 1 saturated heterocycles. The first-order valence-corrected chi connectivity index (χ1v) is 8.46. The molecule has 3 rings (SSSR count). The topological polar surface area (TPSA) is 71.5 Å². The molecular weight excluding hydrogens is 318 g/mol. The van der Waals surface area contributed by atoms with Crippen molar-refractivity contribution in [3.63, 3.8) is 0 Å². The summed E-state index contributed by atoms with van der Waals surface area (Å²) in [6.07, 6.45) is 5.21. The second-order valence-electron chi connectivity index (χ2n) is 5.87. The van der Waals surface area contributed by atoms with Crippen LogP contribution in [0.2, 0.25) is 0 Å². The maximum absolute atomic E-state index is 12.7. The Kier molecular flexibility index (Phi) is 5.28. The van der Waals surface area contributed by atoms with E-state index < -0.39 is 6.04 Å². The Labute approximate surface area is 146 Å². The summed E-state index contributed by atoms with van der Waals surface area (Å²) < 4.78 is 5.81. The monoisotopic (exact) mass is 339 g/mol. The van der Waals surface area contributed by atoms with Crippen LogP contribution in [0.3, 0.4) is 0 Å². The fraction of sp³-hybridized carbons (Fsp3) is 0.316. The van der Waals surface area contributed by atoms with Gasteiger partial charge in [-0.25, -0.2) is 0 Å². The van der Waals surface area contributed by atoms with Crippen LogP contribution in [-0.2, 0) is 9.59 Å². The zero-order chi connectivity index (χ0) is 17.6. The average molecular weight is 339 g/mol. The van der Waals surface area contributed by atoms with Crippen molar-refractivity contribution in [2.75, 3.05) is 11.9 Å². The standard InChI is InChI=1S/C19H21N3O3/c1-2-18(23)22-12-6-9-16(22)19(24)21-15-8-3-4-10-17(15)25-14-7-5-11-20-13-14/h3-5,7-8,10-11,13,16H,2,6,9,12H2,1H3,(H,21,24). The summed E-state index contributed by atoms with van der Waals surface area (Å²) in [5.41, 5.74) is 0.576. The number of hydrogen-bond donors (Lipinski definition) is 1. The molecule has 130 valence electrons. The molecule has 0 spiro atoms. The van der Waals surface area contributed by atoms with E-state index >= 15 is 0 Å². The second-order valence-corrected chi connectivity index (χ2v) is 5.87. The summed E-state index contributed by atoms with van der Waals surface area (Å²) in [6, 6.07) is 10.4. The number of carbonyl (C=O) groups is 2. The smallest absolute Gasteiger partial charge is 0.247 e. The Morgan fingerprint density at radius 3 is 2.88 bits per heavy atom. The van der Waals surface area contributed by atoms with Crippen LogP contribution < -0.4 is 10.1 Å². The zero-order valence-corrected chi connectivity index (χ0v) is 14.1. The number of rotatable bonds is 5. The van der Waals surface area contributed by atoms with Crippen molar-refractivity contribution in [2.24, 2.45) is 0 Å². The fourth-order valence-electron chi connectivity index (χ4n) is 2.95. The molecule has 0 radical (unpaired) electrons. The molecule has 0 bridgehead atoms. The number of benzene rings is 1. The number of nitrogens with one attached hydrogen (secondary N) is 1. The summed E-state index contributed by atoms with van der Waals surface area (Å²) in [6.45, 7) is 2.45. The van der Waals surface area contributed by atoms with Crippen molar-refractivity contribution >= 4 is 17.5 Å². The van der Waals surface area contributed by atoms with Gasteiger partial charge in [-0.05, 0) is 37.1 Å². The molecule has 6 nitrogen and oxygen atoms in total. The van der Waals surface area contributed by atoms with Gasteiger partial charge in [-0.3, -0.25) is 14.6 Å². The minimum Gasteiger partial charge on any atom is -0.454 e. The zero-order valence-electron chi connectivity index (χ0n) is 14.1. The number of hydrogen-bond acceptors (Lipinski definition) is 4. The molecule has 1 fully saturated rings. The lowest BCUT2D eigenvalue weighted by atomic mass is 10.2. The van der Waals surface area contributed by atoms with Gasteiger partial charge < -0.3 is 15.0 Å². The Morgan fingerprint density at radius 2 is 2.12 bits per heavy atom. The van der Waals surface area contributed by atoms with E-state index in [0.717, 1.165) is 6.42 Å². The molecule has 0 saturated carbocycles. The number of nitrogens with zero attached hydrogens (tertiary/aromatic N) is 2. The van der Waals surface area contributed by atoms with E-state index in [4.69, 9.17) is 4.74 Å². The summed E-state index contributed by atoms with van der Waals surface area (Å²) in [5, 5.41) is 2.90. The molecule has 0 aliphatic carbocycles. The van der Waals surface area contributed by atoms with E-state index in [9.17, 15) is 9.59 Å². The number of pyridine rings is 1. The van der Waals surface area contributed by atoms with Crippen molar-refractivity contribution in [1.29, 1.82) is 0 Å². The molecule has 1 unspecified atom stereocenters. The van der Waals surface area contributed by atoms with Crippen molar-refractivity contribution in [3.8, 4) is 11.5 Å². The second kappa shape index (κ2) is 7.79. The lowest BCUT2D eigenvalue weighted by Gasteiger charge is -2.24. The van der Waals surface area contributed by atoms with E-state index in [-0.39, 0.29) is 11.8 Å². The number of ether oxygens (including phenoxy) is 1. The molecule has 1 aromatic carbocycles. The van der Waals surface area contributed by atoms with Crippen LogP contribution in [0.15, 0.2) is 48.8 Å². The van der Waals surface area contributed by atoms with Gasteiger partial charge in [0.1, 0.15) is 11.8 Å². The van der Waals surface area contributed by atoms with Crippen LogP contribution in [0.5, 0.6) is 11.5 Å². The van der Waals surface area contributed by atoms with Gasteiger partial charge in [-0.2, -0.15) is 0 Å². The molecule has 1 aliphatic heterocycles. The minimum atomic E-state index is -0.418. The highest BCUT2D eigenvalue weighted by Gasteiger charge is 2.33. The van der Waals surface area contributed by atoms with Gasteiger partial charge in [0.25, 0.3) is 0 Å². The highest BCUT2D eigenvalue weighted by Crippen LogP contribution is 2.30. The van der Waals surface area contributed by atoms with Crippen molar-refractivity contribution in [2.45, 2.75) is 32.2 Å². The minimum absolute atomic E-state index is 0.0116. The summed E-state index contributed by atoms with van der Waals surface area (Å²) >= 11 is 0. The van der Waals surface area contributed by atoms with Crippen LogP contribution >= 0.6 is 0 Å². The quantitative estimate of drug-likeness (QED) is 0.908. The third-order valence-corrected chi connectivity index (χ3v) is 4.19. The number of likely N-dealkylation sites (tertiary alicyclic amines) is 1. The Balaban J connectivity index is 1.74. The molecule has 1 aliphatic rings. The lowest BCUT2D eigenvalue weighted by Crippen LogP contribution is -2.42. The summed E-state index contributed by atoms with van der Waals surface area (Å²) in [5.74, 6) is 0.960. The van der Waals surface area contributed by atoms with Crippen LogP contribution in [0.4, 0.5) is 5.69 Å². The van der Waals surface area contributed by atoms with Crippen LogP contribution in [0, 0.1) is 0 Å². The van der Waals surface area contributed by atoms with E-state index in [2.05, 4.69) is 10.3 Å². The number of para-hydroxylation sites is 2. The van der Waals surface area contributed by atoms with Crippen LogP contribution in [0.25, 0.3) is 0 Å². The Bertz CT molecular complexity index is 749. The molecule has 6 heteroatoms. The summed E-state index contributed by atoms with van der Waals surface area (Å²) in [7, 11) is 0. The predicted molar refractivity (Wildman–Crippen MR) is 94.4 cm³/mol. The van der Waals surface area contributed by atoms with Crippen molar-refractivity contribution in [3.05, 3.63) is 48.8 Å². The first-order valence-electron chi connectivity index (χ1n) is 8.46. The molecule has 2 amide bonds. The Hall–Kier alpha value is -2.89. The maximum Gasteiger partial charge on any atom is 0.247 e. The summed E-state index contributed by atoms with van der Waals surface area (Å²) in [4.78, 5) is 30.4. The molecule has 1 atom stereocenters. The molecular formula is C19H21N3O3. The molecule has 25 heavy (non-hydrogen) atoms. The first kappa shape index (κ1) is 17.0. The maximum atomic E-state index is 12.7. The largest absolute Gasteiger partial charge is 0.454 e. The Morgan fingerprint density at radius 1 is 1.28 bits per heavy atom. The number of anilines is 1. The van der Waals surface area contributed by atoms with Gasteiger partial charge in [0.15, 0.2) is 5.75 Å². The van der Waals surface area contributed by atoms with Crippen LogP contribution in [-0.4, -0.2) is 34.3 Å². The van der Waals surface area contributed by atoms with Gasteiger partial charge in [0, 0.05) is 19.2 Å². The van der Waals surface area contributed by atoms with Crippen LogP contribution in [0.1, 0.15) is 26.2 Å². The molecule has 2 heterocycles. The highest BCUT2D eigenvalue weighted by atomic mass is 16.5. The fourth-order valence-corrected chi connectivity index (χ4v) is 2.95. The molecule has 1 N–H and O–H groups in total. The van der Waals surface area contributed by atoms with Gasteiger partial charge in [-0.1, -0.05) is 19.1 Å². The van der Waals surface area contributed by atoms with E-state index in [0.29, 0.717) is 36.6 Å². The van der Waals surface area contributed by atoms with E-state index in [1.165, 1.54) is 0 Å². The molecule has 2 aromatic rings. The first-order chi connectivity index (χ1) is 12.2. The number of carbonyl (C=O) groups excluding carboxylic acids is 2. The van der Waals surface area contributed by atoms with Gasteiger partial charge in [0.2, 0.25) is 11.8 Å². The van der Waals surface area contributed by atoms with Crippen molar-refractivity contribution in [1.82, 2.24) is 9.88 Å². The van der Waals surface area contributed by atoms with Gasteiger partial charge in [0.05, 0.1) is 11.9 Å². The third kappa shape index (κ3) is 3.96. The third-order valence-electron chi connectivity index (χ3n) is 4.19. The molecule has 1 aromatic heterocycles. The van der Waals surface area contributed by atoms with Crippen molar-refractivity contribution < 1.29 is 14.3 Å². The lowest BCUT2D eigenvalue weighted by molar-refractivity contribution is -0.136.